The first-order valence-corrected chi connectivity index (χ1v) is 9.75. The standard InChI is InChI=1S/C25H26N2O2/c1-3-20-9-11-22(12-10-20)18-27(19-23-7-5-15-26-17-23)25(28)14-13-21-6-4-8-24(16-21)29-2/h4-17H,3,18-19H2,1-2H3/b14-13+. The number of ether oxygens (including phenoxy) is 1. The number of hydrogen-bond donors (Lipinski definition) is 0. The second-order valence-electron chi connectivity index (χ2n) is 6.84. The molecule has 0 fully saturated rings. The summed E-state index contributed by atoms with van der Waals surface area (Å²) in [6.07, 6.45) is 7.97. The second-order valence-corrected chi connectivity index (χ2v) is 6.84. The van der Waals surface area contributed by atoms with Crippen molar-refractivity contribution >= 4 is 12.0 Å². The molecule has 0 aliphatic carbocycles. The summed E-state index contributed by atoms with van der Waals surface area (Å²) in [5, 5.41) is 0. The van der Waals surface area contributed by atoms with Crippen LogP contribution in [0.1, 0.15) is 29.2 Å². The van der Waals surface area contributed by atoms with Gasteiger partial charge in [0.2, 0.25) is 5.91 Å². The summed E-state index contributed by atoms with van der Waals surface area (Å²) in [5.74, 6) is 0.721. The van der Waals surface area contributed by atoms with Crippen molar-refractivity contribution in [3.8, 4) is 5.75 Å². The lowest BCUT2D eigenvalue weighted by Gasteiger charge is -2.21. The lowest BCUT2D eigenvalue weighted by atomic mass is 10.1. The van der Waals surface area contributed by atoms with Gasteiger partial charge >= 0.3 is 0 Å². The van der Waals surface area contributed by atoms with Gasteiger partial charge in [0.1, 0.15) is 5.75 Å². The van der Waals surface area contributed by atoms with Crippen LogP contribution in [0.25, 0.3) is 6.08 Å². The summed E-state index contributed by atoms with van der Waals surface area (Å²) in [6, 6.07) is 19.9. The topological polar surface area (TPSA) is 42.4 Å². The highest BCUT2D eigenvalue weighted by atomic mass is 16.5. The van der Waals surface area contributed by atoms with E-state index in [-0.39, 0.29) is 5.91 Å². The molecule has 4 nitrogen and oxygen atoms in total. The predicted octanol–water partition coefficient (Wildman–Crippen LogP) is 4.89. The minimum Gasteiger partial charge on any atom is -0.497 e. The SMILES string of the molecule is CCc1ccc(CN(Cc2cccnc2)C(=O)/C=C/c2cccc(OC)c2)cc1. The molecule has 0 N–H and O–H groups in total. The molecular formula is C25H26N2O2. The van der Waals surface area contributed by atoms with E-state index < -0.39 is 0 Å². The third-order valence-electron chi connectivity index (χ3n) is 4.72. The number of nitrogens with zero attached hydrogens (tertiary/aromatic N) is 2. The second kappa shape index (κ2) is 10.2. The third-order valence-corrected chi connectivity index (χ3v) is 4.72. The van der Waals surface area contributed by atoms with Crippen LogP contribution < -0.4 is 4.74 Å². The molecule has 0 unspecified atom stereocenters. The molecule has 0 spiro atoms. The lowest BCUT2D eigenvalue weighted by molar-refractivity contribution is -0.127. The third kappa shape index (κ3) is 6.04. The summed E-state index contributed by atoms with van der Waals surface area (Å²) < 4.78 is 5.25. The van der Waals surface area contributed by atoms with E-state index in [4.69, 9.17) is 4.74 Å². The Labute approximate surface area is 172 Å². The van der Waals surface area contributed by atoms with Crippen LogP contribution in [-0.4, -0.2) is 22.9 Å². The summed E-state index contributed by atoms with van der Waals surface area (Å²) in [7, 11) is 1.63. The normalized spacial score (nSPS) is 10.8. The van der Waals surface area contributed by atoms with Crippen molar-refractivity contribution in [3.63, 3.8) is 0 Å². The minimum atomic E-state index is -0.0451. The van der Waals surface area contributed by atoms with Crippen LogP contribution in [0.4, 0.5) is 0 Å². The van der Waals surface area contributed by atoms with Gasteiger partial charge in [-0.2, -0.15) is 0 Å². The average molecular weight is 386 g/mol. The highest BCUT2D eigenvalue weighted by molar-refractivity contribution is 5.91. The monoisotopic (exact) mass is 386 g/mol. The molecule has 1 heterocycles. The van der Waals surface area contributed by atoms with Gasteiger partial charge in [-0.1, -0.05) is 49.4 Å². The summed E-state index contributed by atoms with van der Waals surface area (Å²) >= 11 is 0. The van der Waals surface area contributed by atoms with Gasteiger partial charge in [0.15, 0.2) is 0 Å². The van der Waals surface area contributed by atoms with Crippen LogP contribution in [0, 0.1) is 0 Å². The zero-order chi connectivity index (χ0) is 20.5. The Balaban J connectivity index is 1.78. The fraction of sp³-hybridized carbons (Fsp3) is 0.200. The van der Waals surface area contributed by atoms with Crippen LogP contribution in [-0.2, 0) is 24.3 Å². The molecule has 0 saturated heterocycles. The number of carbonyl (C=O) groups excluding carboxylic acids is 1. The zero-order valence-electron chi connectivity index (χ0n) is 16.9. The van der Waals surface area contributed by atoms with Crippen LogP contribution >= 0.6 is 0 Å². The fourth-order valence-electron chi connectivity index (χ4n) is 3.04. The molecule has 0 radical (unpaired) electrons. The average Bonchev–Trinajstić information content (AvgIpc) is 2.78. The largest absolute Gasteiger partial charge is 0.497 e. The minimum absolute atomic E-state index is 0.0451. The number of methoxy groups -OCH3 is 1. The van der Waals surface area contributed by atoms with Crippen molar-refractivity contribution in [2.75, 3.05) is 7.11 Å². The molecule has 3 rings (SSSR count). The number of amides is 1. The Morgan fingerprint density at radius 3 is 2.45 bits per heavy atom. The number of aryl methyl sites for hydroxylation is 1. The smallest absolute Gasteiger partial charge is 0.247 e. The summed E-state index contributed by atoms with van der Waals surface area (Å²) in [5.41, 5.74) is 4.32. The molecule has 3 aromatic rings. The molecule has 0 bridgehead atoms. The number of aromatic nitrogens is 1. The zero-order valence-corrected chi connectivity index (χ0v) is 16.9. The molecule has 0 aliphatic rings. The first-order chi connectivity index (χ1) is 14.2. The van der Waals surface area contributed by atoms with Gasteiger partial charge in [-0.05, 0) is 52.9 Å². The number of hydrogen-bond acceptors (Lipinski definition) is 3. The van der Waals surface area contributed by atoms with Crippen molar-refractivity contribution in [3.05, 3.63) is 101 Å². The van der Waals surface area contributed by atoms with Gasteiger partial charge in [0.05, 0.1) is 7.11 Å². The van der Waals surface area contributed by atoms with Gasteiger partial charge in [-0.3, -0.25) is 9.78 Å². The fourth-order valence-corrected chi connectivity index (χ4v) is 3.04. The quantitative estimate of drug-likeness (QED) is 0.518. The van der Waals surface area contributed by atoms with E-state index in [1.807, 2.05) is 47.4 Å². The van der Waals surface area contributed by atoms with E-state index in [0.717, 1.165) is 28.9 Å². The number of benzene rings is 2. The van der Waals surface area contributed by atoms with Gasteiger partial charge < -0.3 is 9.64 Å². The molecule has 148 valence electrons. The van der Waals surface area contributed by atoms with Crippen LogP contribution in [0.3, 0.4) is 0 Å². The maximum absolute atomic E-state index is 13.0. The molecule has 0 aliphatic heterocycles. The van der Waals surface area contributed by atoms with E-state index in [1.54, 1.807) is 25.6 Å². The van der Waals surface area contributed by atoms with Crippen molar-refractivity contribution < 1.29 is 9.53 Å². The molecule has 0 atom stereocenters. The number of pyridine rings is 1. The maximum atomic E-state index is 13.0. The summed E-state index contributed by atoms with van der Waals surface area (Å²) in [4.78, 5) is 19.0. The summed E-state index contributed by atoms with van der Waals surface area (Å²) in [6.45, 7) is 3.18. The van der Waals surface area contributed by atoms with E-state index in [9.17, 15) is 4.79 Å². The molecule has 1 aromatic heterocycles. The first-order valence-electron chi connectivity index (χ1n) is 9.75. The Morgan fingerprint density at radius 2 is 1.76 bits per heavy atom. The van der Waals surface area contributed by atoms with Gasteiger partial charge in [-0.15, -0.1) is 0 Å². The van der Waals surface area contributed by atoms with E-state index >= 15 is 0 Å². The van der Waals surface area contributed by atoms with Crippen LogP contribution in [0.2, 0.25) is 0 Å². The Bertz CT molecular complexity index is 950. The van der Waals surface area contributed by atoms with Gasteiger partial charge in [-0.25, -0.2) is 0 Å². The molecular weight excluding hydrogens is 360 g/mol. The number of rotatable bonds is 8. The first kappa shape index (κ1) is 20.3. The highest BCUT2D eigenvalue weighted by Gasteiger charge is 2.12. The Morgan fingerprint density at radius 1 is 1.00 bits per heavy atom. The molecule has 2 aromatic carbocycles. The Hall–Kier alpha value is -3.40. The van der Waals surface area contributed by atoms with Gasteiger partial charge in [0, 0.05) is 31.6 Å². The van der Waals surface area contributed by atoms with E-state index in [0.29, 0.717) is 13.1 Å². The highest BCUT2D eigenvalue weighted by Crippen LogP contribution is 2.15. The van der Waals surface area contributed by atoms with Crippen LogP contribution in [0.15, 0.2) is 79.1 Å². The van der Waals surface area contributed by atoms with Crippen molar-refractivity contribution in [1.82, 2.24) is 9.88 Å². The molecule has 1 amide bonds. The molecule has 4 heteroatoms. The number of carbonyl (C=O) groups is 1. The lowest BCUT2D eigenvalue weighted by Crippen LogP contribution is -2.28. The molecule has 29 heavy (non-hydrogen) atoms. The maximum Gasteiger partial charge on any atom is 0.247 e. The molecule has 0 saturated carbocycles. The van der Waals surface area contributed by atoms with Crippen LogP contribution in [0.5, 0.6) is 5.75 Å². The van der Waals surface area contributed by atoms with Crippen molar-refractivity contribution in [2.45, 2.75) is 26.4 Å². The van der Waals surface area contributed by atoms with E-state index in [1.165, 1.54) is 5.56 Å². The van der Waals surface area contributed by atoms with Gasteiger partial charge in [0.25, 0.3) is 0 Å². The van der Waals surface area contributed by atoms with Crippen molar-refractivity contribution in [2.24, 2.45) is 0 Å². The van der Waals surface area contributed by atoms with E-state index in [2.05, 4.69) is 36.2 Å². The predicted molar refractivity (Wildman–Crippen MR) is 116 cm³/mol. The van der Waals surface area contributed by atoms with Crippen molar-refractivity contribution in [1.29, 1.82) is 0 Å². The Kier molecular flexibility index (Phi) is 7.17.